The molecular formula is C22H24N2O4S. The Morgan fingerprint density at radius 3 is 2.52 bits per heavy atom. The van der Waals surface area contributed by atoms with Crippen LogP contribution in [0.4, 0.5) is 5.69 Å². The summed E-state index contributed by atoms with van der Waals surface area (Å²) in [5.41, 5.74) is 3.10. The highest BCUT2D eigenvalue weighted by molar-refractivity contribution is 7.89. The predicted molar refractivity (Wildman–Crippen MR) is 112 cm³/mol. The van der Waals surface area contributed by atoms with Crippen LogP contribution < -0.4 is 0 Å². The number of carboxylic acid groups (broad SMARTS) is 1. The Morgan fingerprint density at radius 1 is 1.10 bits per heavy atom. The maximum Gasteiger partial charge on any atom is 0.335 e. The molecule has 0 bridgehead atoms. The van der Waals surface area contributed by atoms with E-state index in [0.717, 1.165) is 35.4 Å². The number of hydrogen-bond donors (Lipinski definition) is 1. The van der Waals surface area contributed by atoms with Crippen LogP contribution in [0.5, 0.6) is 0 Å². The molecule has 2 aromatic carbocycles. The van der Waals surface area contributed by atoms with Gasteiger partial charge in [0.15, 0.2) is 0 Å². The summed E-state index contributed by atoms with van der Waals surface area (Å²) in [5.74, 6) is -0.958. The number of sulfonamides is 1. The fourth-order valence-corrected chi connectivity index (χ4v) is 5.70. The van der Waals surface area contributed by atoms with E-state index in [1.807, 2.05) is 19.9 Å². The summed E-state index contributed by atoms with van der Waals surface area (Å²) in [5, 5.41) is 9.25. The highest BCUT2D eigenvalue weighted by Crippen LogP contribution is 2.39. The molecule has 0 aromatic heterocycles. The van der Waals surface area contributed by atoms with Gasteiger partial charge in [-0.1, -0.05) is 26.0 Å². The van der Waals surface area contributed by atoms with E-state index in [-0.39, 0.29) is 11.0 Å². The van der Waals surface area contributed by atoms with Gasteiger partial charge in [-0.2, -0.15) is 4.31 Å². The van der Waals surface area contributed by atoms with Gasteiger partial charge in [-0.15, -0.1) is 0 Å². The first-order chi connectivity index (χ1) is 13.7. The number of hydrogen-bond acceptors (Lipinski definition) is 4. The standard InChI is InChI=1S/C22H24N2O4S/c1-22(2)14-17-12-16(21(25)26)8-9-19(17)23-20(22)15-6-5-7-18(13-15)29(27,28)24-10-3-4-11-24/h5-9,12-13H,3-4,10-11,14H2,1-2H3,(H,25,26). The largest absolute Gasteiger partial charge is 0.478 e. The van der Waals surface area contributed by atoms with Crippen LogP contribution in [0.2, 0.25) is 0 Å². The van der Waals surface area contributed by atoms with Crippen molar-refractivity contribution in [2.75, 3.05) is 13.1 Å². The van der Waals surface area contributed by atoms with Crippen molar-refractivity contribution < 1.29 is 18.3 Å². The molecule has 1 fully saturated rings. The topological polar surface area (TPSA) is 87.0 Å². The molecule has 0 unspecified atom stereocenters. The molecule has 6 nitrogen and oxygen atoms in total. The first-order valence-corrected chi connectivity index (χ1v) is 11.2. The molecule has 7 heteroatoms. The van der Waals surface area contributed by atoms with Crippen molar-refractivity contribution in [3.8, 4) is 0 Å². The molecule has 1 N–H and O–H groups in total. The SMILES string of the molecule is CC1(C)Cc2cc(C(=O)O)ccc2N=C1c1cccc(S(=O)(=O)N2CCCC2)c1. The molecule has 4 rings (SSSR count). The number of rotatable bonds is 4. The van der Waals surface area contributed by atoms with Gasteiger partial charge in [-0.05, 0) is 60.7 Å². The Labute approximate surface area is 170 Å². The van der Waals surface area contributed by atoms with Crippen molar-refractivity contribution in [3.05, 3.63) is 59.2 Å². The van der Waals surface area contributed by atoms with Crippen LogP contribution >= 0.6 is 0 Å². The molecule has 0 aliphatic carbocycles. The number of nitrogens with zero attached hydrogens (tertiary/aromatic N) is 2. The van der Waals surface area contributed by atoms with Crippen LogP contribution in [0.25, 0.3) is 0 Å². The minimum atomic E-state index is -3.50. The molecule has 1 saturated heterocycles. The third-order valence-electron chi connectivity index (χ3n) is 5.64. The normalized spacial score (nSPS) is 18.9. The fourth-order valence-electron chi connectivity index (χ4n) is 4.14. The predicted octanol–water partition coefficient (Wildman–Crippen LogP) is 3.87. The van der Waals surface area contributed by atoms with E-state index in [4.69, 9.17) is 4.99 Å². The minimum absolute atomic E-state index is 0.247. The van der Waals surface area contributed by atoms with Crippen molar-refractivity contribution in [3.63, 3.8) is 0 Å². The summed E-state index contributed by atoms with van der Waals surface area (Å²) in [6.45, 7) is 5.23. The summed E-state index contributed by atoms with van der Waals surface area (Å²) >= 11 is 0. The van der Waals surface area contributed by atoms with E-state index in [1.165, 1.54) is 0 Å². The summed E-state index contributed by atoms with van der Waals surface area (Å²) in [6, 6.07) is 12.0. The van der Waals surface area contributed by atoms with Crippen LogP contribution in [0.15, 0.2) is 52.4 Å². The summed E-state index contributed by atoms with van der Waals surface area (Å²) < 4.78 is 27.5. The van der Waals surface area contributed by atoms with Gasteiger partial charge >= 0.3 is 5.97 Å². The number of fused-ring (bicyclic) bond motifs is 1. The third-order valence-corrected chi connectivity index (χ3v) is 7.54. The van der Waals surface area contributed by atoms with Gasteiger partial charge in [0, 0.05) is 18.5 Å². The zero-order valence-corrected chi connectivity index (χ0v) is 17.4. The molecule has 2 heterocycles. The zero-order chi connectivity index (χ0) is 20.8. The van der Waals surface area contributed by atoms with E-state index >= 15 is 0 Å². The second-order valence-corrected chi connectivity index (χ2v) is 10.2. The summed E-state index contributed by atoms with van der Waals surface area (Å²) in [4.78, 5) is 16.4. The van der Waals surface area contributed by atoms with Crippen molar-refractivity contribution in [1.82, 2.24) is 4.31 Å². The maximum absolute atomic E-state index is 13.0. The fraction of sp³-hybridized carbons (Fsp3) is 0.364. The number of benzene rings is 2. The van der Waals surface area contributed by atoms with Gasteiger partial charge in [0.1, 0.15) is 0 Å². The maximum atomic E-state index is 13.0. The van der Waals surface area contributed by atoms with Gasteiger partial charge < -0.3 is 5.11 Å². The Bertz CT molecular complexity index is 1110. The van der Waals surface area contributed by atoms with Crippen LogP contribution in [0.3, 0.4) is 0 Å². The van der Waals surface area contributed by atoms with Crippen LogP contribution in [-0.4, -0.2) is 42.6 Å². The number of carbonyl (C=O) groups is 1. The van der Waals surface area contributed by atoms with Gasteiger partial charge in [-0.25, -0.2) is 13.2 Å². The van der Waals surface area contributed by atoms with Gasteiger partial charge in [0.25, 0.3) is 0 Å². The van der Waals surface area contributed by atoms with Crippen LogP contribution in [-0.2, 0) is 16.4 Å². The molecule has 29 heavy (non-hydrogen) atoms. The van der Waals surface area contributed by atoms with Crippen molar-refractivity contribution in [2.24, 2.45) is 10.4 Å². The van der Waals surface area contributed by atoms with Crippen molar-refractivity contribution in [2.45, 2.75) is 38.0 Å². The average molecular weight is 413 g/mol. The van der Waals surface area contributed by atoms with Crippen LogP contribution in [0.1, 0.15) is 48.2 Å². The highest BCUT2D eigenvalue weighted by atomic mass is 32.2. The average Bonchev–Trinajstić information content (AvgIpc) is 3.22. The van der Waals surface area contributed by atoms with Crippen LogP contribution in [0, 0.1) is 5.41 Å². The molecule has 2 aromatic rings. The molecule has 0 atom stereocenters. The first kappa shape index (κ1) is 19.8. The van der Waals surface area contributed by atoms with E-state index in [2.05, 4.69) is 0 Å². The quantitative estimate of drug-likeness (QED) is 0.826. The zero-order valence-electron chi connectivity index (χ0n) is 16.6. The lowest BCUT2D eigenvalue weighted by Crippen LogP contribution is -2.31. The molecule has 0 saturated carbocycles. The Morgan fingerprint density at radius 2 is 1.83 bits per heavy atom. The van der Waals surface area contributed by atoms with E-state index in [1.54, 1.807) is 40.7 Å². The van der Waals surface area contributed by atoms with E-state index < -0.39 is 16.0 Å². The molecule has 0 amide bonds. The lowest BCUT2D eigenvalue weighted by atomic mass is 9.76. The minimum Gasteiger partial charge on any atom is -0.478 e. The van der Waals surface area contributed by atoms with E-state index in [9.17, 15) is 18.3 Å². The molecule has 0 spiro atoms. The number of carboxylic acids is 1. The number of aliphatic imine (C=N–C) groups is 1. The smallest absolute Gasteiger partial charge is 0.335 e. The lowest BCUT2D eigenvalue weighted by molar-refractivity contribution is 0.0696. The molecule has 2 aliphatic rings. The summed E-state index contributed by atoms with van der Waals surface area (Å²) in [6.07, 6.45) is 2.42. The Hall–Kier alpha value is -2.51. The summed E-state index contributed by atoms with van der Waals surface area (Å²) in [7, 11) is -3.50. The molecule has 152 valence electrons. The molecular weight excluding hydrogens is 388 g/mol. The lowest BCUT2D eigenvalue weighted by Gasteiger charge is -2.32. The van der Waals surface area contributed by atoms with Gasteiger partial charge in [0.05, 0.1) is 21.9 Å². The Balaban J connectivity index is 1.77. The molecule has 2 aliphatic heterocycles. The van der Waals surface area contributed by atoms with E-state index in [0.29, 0.717) is 24.4 Å². The Kier molecular flexibility index (Phi) is 4.83. The third kappa shape index (κ3) is 3.60. The highest BCUT2D eigenvalue weighted by Gasteiger charge is 2.33. The van der Waals surface area contributed by atoms with Crippen molar-refractivity contribution >= 4 is 27.4 Å². The monoisotopic (exact) mass is 412 g/mol. The van der Waals surface area contributed by atoms with Gasteiger partial charge in [-0.3, -0.25) is 4.99 Å². The second kappa shape index (κ2) is 7.07. The van der Waals surface area contributed by atoms with Gasteiger partial charge in [0.2, 0.25) is 10.0 Å². The first-order valence-electron chi connectivity index (χ1n) is 9.74. The van der Waals surface area contributed by atoms with Crippen molar-refractivity contribution in [1.29, 1.82) is 0 Å². The molecule has 0 radical (unpaired) electrons. The second-order valence-electron chi connectivity index (χ2n) is 8.31. The number of aromatic carboxylic acids is 1.